The molecular formula is C24H31N5O5. The molecule has 2 atom stereocenters. The van der Waals surface area contributed by atoms with E-state index in [-0.39, 0.29) is 18.9 Å². The number of aryl methyl sites for hydroxylation is 2. The zero-order valence-electron chi connectivity index (χ0n) is 19.4. The van der Waals surface area contributed by atoms with E-state index in [4.69, 9.17) is 4.74 Å². The van der Waals surface area contributed by atoms with Crippen LogP contribution in [-0.4, -0.2) is 52.5 Å². The summed E-state index contributed by atoms with van der Waals surface area (Å²) in [6.45, 7) is 3.94. The van der Waals surface area contributed by atoms with Gasteiger partial charge in [-0.25, -0.2) is 4.79 Å². The van der Waals surface area contributed by atoms with Crippen LogP contribution in [0.1, 0.15) is 43.5 Å². The maximum absolute atomic E-state index is 13.0. The van der Waals surface area contributed by atoms with Crippen LogP contribution in [0.4, 0.5) is 4.79 Å². The smallest absolute Gasteiger partial charge is 0.408 e. The third-order valence-electron chi connectivity index (χ3n) is 5.69. The van der Waals surface area contributed by atoms with Crippen LogP contribution in [-0.2, 0) is 38.6 Å². The van der Waals surface area contributed by atoms with Gasteiger partial charge in [0, 0.05) is 12.2 Å². The Morgan fingerprint density at radius 1 is 1.18 bits per heavy atom. The van der Waals surface area contributed by atoms with Gasteiger partial charge in [0.15, 0.2) is 0 Å². The molecule has 10 nitrogen and oxygen atoms in total. The minimum absolute atomic E-state index is 0.0629. The number of alkyl carbamates (subject to hydrolysis) is 1. The number of Topliss-reactive ketones (excluding diaryl/α,β-unsaturated/α-hetero) is 1. The Hall–Kier alpha value is -3.69. The van der Waals surface area contributed by atoms with E-state index in [2.05, 4.69) is 26.1 Å². The highest BCUT2D eigenvalue weighted by molar-refractivity contribution is 6.38. The van der Waals surface area contributed by atoms with Crippen LogP contribution in [0.5, 0.6) is 0 Å². The van der Waals surface area contributed by atoms with E-state index in [9.17, 15) is 19.2 Å². The number of carbonyl (C=O) groups is 4. The molecule has 3 amide bonds. The van der Waals surface area contributed by atoms with Gasteiger partial charge in [0.05, 0.1) is 12.2 Å². The van der Waals surface area contributed by atoms with E-state index in [0.717, 1.165) is 16.8 Å². The Morgan fingerprint density at radius 3 is 2.68 bits per heavy atom. The van der Waals surface area contributed by atoms with E-state index in [1.807, 2.05) is 30.3 Å². The largest absolute Gasteiger partial charge is 0.445 e. The highest BCUT2D eigenvalue weighted by atomic mass is 16.5. The molecule has 1 aromatic carbocycles. The maximum Gasteiger partial charge on any atom is 0.408 e. The number of benzene rings is 1. The molecule has 0 aliphatic carbocycles. The second-order valence-electron chi connectivity index (χ2n) is 8.63. The zero-order valence-corrected chi connectivity index (χ0v) is 19.4. The molecule has 0 radical (unpaired) electrons. The van der Waals surface area contributed by atoms with Crippen LogP contribution in [0.2, 0.25) is 0 Å². The first kappa shape index (κ1) is 24.9. The van der Waals surface area contributed by atoms with Crippen molar-refractivity contribution in [3.8, 4) is 0 Å². The van der Waals surface area contributed by atoms with Crippen molar-refractivity contribution in [2.24, 2.45) is 5.92 Å². The van der Waals surface area contributed by atoms with Crippen LogP contribution in [0.15, 0.2) is 36.5 Å². The molecule has 1 aliphatic heterocycles. The number of amides is 3. The Morgan fingerprint density at radius 2 is 1.94 bits per heavy atom. The molecule has 1 aliphatic rings. The van der Waals surface area contributed by atoms with E-state index in [1.54, 1.807) is 20.0 Å². The van der Waals surface area contributed by atoms with Crippen LogP contribution >= 0.6 is 0 Å². The summed E-state index contributed by atoms with van der Waals surface area (Å²) in [6.07, 6.45) is 3.02. The van der Waals surface area contributed by atoms with Crippen molar-refractivity contribution in [1.29, 1.82) is 0 Å². The fourth-order valence-corrected chi connectivity index (χ4v) is 3.74. The fraction of sp³-hybridized carbons (Fsp3) is 0.458. The molecule has 2 unspecified atom stereocenters. The first-order valence-corrected chi connectivity index (χ1v) is 11.5. The molecule has 182 valence electrons. The first-order chi connectivity index (χ1) is 16.3. The molecule has 4 N–H and O–H groups in total. The summed E-state index contributed by atoms with van der Waals surface area (Å²) >= 11 is 0. The number of aromatic nitrogens is 2. The number of aromatic amines is 1. The minimum atomic E-state index is -1.03. The third-order valence-corrected chi connectivity index (χ3v) is 5.69. The van der Waals surface area contributed by atoms with Crippen molar-refractivity contribution in [2.45, 2.75) is 58.2 Å². The van der Waals surface area contributed by atoms with Gasteiger partial charge in [0.25, 0.3) is 5.91 Å². The van der Waals surface area contributed by atoms with Crippen molar-refractivity contribution in [3.63, 3.8) is 0 Å². The Kier molecular flexibility index (Phi) is 8.78. The number of H-pyrrole nitrogens is 1. The van der Waals surface area contributed by atoms with Crippen molar-refractivity contribution in [1.82, 2.24) is 26.1 Å². The average molecular weight is 470 g/mol. The number of nitrogens with zero attached hydrogens (tertiary/aromatic N) is 1. The number of hydrogen-bond donors (Lipinski definition) is 4. The summed E-state index contributed by atoms with van der Waals surface area (Å²) in [5.41, 5.74) is 2.72. The molecule has 0 spiro atoms. The van der Waals surface area contributed by atoms with Gasteiger partial charge in [-0.15, -0.1) is 0 Å². The van der Waals surface area contributed by atoms with Gasteiger partial charge in [-0.3, -0.25) is 19.5 Å². The number of ketones is 1. The molecule has 2 aromatic rings. The third kappa shape index (κ3) is 6.90. The molecular weight excluding hydrogens is 438 g/mol. The number of carbonyl (C=O) groups excluding carboxylic acids is 4. The van der Waals surface area contributed by atoms with Crippen LogP contribution in [0.25, 0.3) is 0 Å². The quantitative estimate of drug-likeness (QED) is 0.471. The molecule has 1 aromatic heterocycles. The predicted octanol–water partition coefficient (Wildman–Crippen LogP) is 1.41. The van der Waals surface area contributed by atoms with Gasteiger partial charge >= 0.3 is 6.09 Å². The Labute approximate surface area is 198 Å². The van der Waals surface area contributed by atoms with Crippen LogP contribution in [0.3, 0.4) is 0 Å². The summed E-state index contributed by atoms with van der Waals surface area (Å²) in [5, 5.41) is 14.9. The van der Waals surface area contributed by atoms with Crippen molar-refractivity contribution in [2.75, 3.05) is 6.54 Å². The van der Waals surface area contributed by atoms with Gasteiger partial charge < -0.3 is 20.7 Å². The van der Waals surface area contributed by atoms with Gasteiger partial charge in [-0.1, -0.05) is 44.2 Å². The van der Waals surface area contributed by atoms with Gasteiger partial charge in [-0.05, 0) is 42.7 Å². The van der Waals surface area contributed by atoms with Gasteiger partial charge in [0.2, 0.25) is 11.7 Å². The van der Waals surface area contributed by atoms with Crippen LogP contribution < -0.4 is 16.0 Å². The molecule has 0 bridgehead atoms. The highest BCUT2D eigenvalue weighted by Gasteiger charge is 2.32. The minimum Gasteiger partial charge on any atom is -0.445 e. The van der Waals surface area contributed by atoms with Crippen LogP contribution in [0, 0.1) is 5.92 Å². The molecule has 0 saturated carbocycles. The summed E-state index contributed by atoms with van der Waals surface area (Å²) in [7, 11) is 0. The van der Waals surface area contributed by atoms with E-state index in [1.165, 1.54) is 0 Å². The zero-order chi connectivity index (χ0) is 24.5. The number of nitrogens with one attached hydrogen (secondary N) is 4. The predicted molar refractivity (Wildman–Crippen MR) is 124 cm³/mol. The lowest BCUT2D eigenvalue weighted by atomic mass is 9.99. The van der Waals surface area contributed by atoms with E-state index >= 15 is 0 Å². The van der Waals surface area contributed by atoms with E-state index in [0.29, 0.717) is 25.8 Å². The number of fused-ring (bicyclic) bond motifs is 1. The lowest BCUT2D eigenvalue weighted by Crippen LogP contribution is -2.55. The summed E-state index contributed by atoms with van der Waals surface area (Å²) in [6, 6.07) is 7.20. The normalized spacial score (nSPS) is 17.7. The molecule has 3 rings (SSSR count). The summed E-state index contributed by atoms with van der Waals surface area (Å²) in [5.74, 6) is -2.28. The molecule has 10 heteroatoms. The molecule has 0 fully saturated rings. The lowest BCUT2D eigenvalue weighted by Gasteiger charge is -2.24. The van der Waals surface area contributed by atoms with Gasteiger partial charge in [0.1, 0.15) is 12.6 Å². The summed E-state index contributed by atoms with van der Waals surface area (Å²) < 4.78 is 5.23. The second kappa shape index (κ2) is 12.0. The lowest BCUT2D eigenvalue weighted by molar-refractivity contribution is -0.140. The second-order valence-corrected chi connectivity index (χ2v) is 8.63. The number of rotatable bonds is 6. The molecule has 0 saturated heterocycles. The first-order valence-electron chi connectivity index (χ1n) is 11.5. The fourth-order valence-electron chi connectivity index (χ4n) is 3.74. The van der Waals surface area contributed by atoms with E-state index < -0.39 is 35.8 Å². The van der Waals surface area contributed by atoms with Crippen molar-refractivity contribution >= 4 is 23.7 Å². The number of hydrogen-bond acceptors (Lipinski definition) is 6. The summed E-state index contributed by atoms with van der Waals surface area (Å²) in [4.78, 5) is 50.5. The monoisotopic (exact) mass is 469 g/mol. The Bertz CT molecular complexity index is 1000. The molecule has 34 heavy (non-hydrogen) atoms. The topological polar surface area (TPSA) is 142 Å². The highest BCUT2D eigenvalue weighted by Crippen LogP contribution is 2.13. The van der Waals surface area contributed by atoms with Crippen molar-refractivity contribution < 1.29 is 23.9 Å². The standard InChI is InChI=1S/C24H31N5O5/c1-15(2)20(28-24(33)34-14-16-7-4-3-5-8-16)22(31)27-19-11-10-17-13-26-29-18(17)9-6-12-25-23(32)21(19)30/h3-5,7-8,13,15,19-20H,6,9-12,14H2,1-2H3,(H,25,32)(H,26,29)(H,27,31)(H,28,33). The maximum atomic E-state index is 13.0. The van der Waals surface area contributed by atoms with Crippen molar-refractivity contribution in [3.05, 3.63) is 53.3 Å². The Balaban J connectivity index is 1.65. The number of ether oxygens (including phenoxy) is 1. The molecule has 2 heterocycles. The van der Waals surface area contributed by atoms with Gasteiger partial charge in [-0.2, -0.15) is 5.10 Å². The average Bonchev–Trinajstić information content (AvgIpc) is 3.27. The SMILES string of the molecule is CC(C)C(NC(=O)OCc1ccccc1)C(=O)NC1CCc2cn[nH]c2CCCNC(=O)C1=O.